The van der Waals surface area contributed by atoms with Gasteiger partial charge in [-0.3, -0.25) is 4.79 Å². The van der Waals surface area contributed by atoms with Gasteiger partial charge in [-0.15, -0.1) is 10.2 Å². The van der Waals surface area contributed by atoms with Gasteiger partial charge in [0.25, 0.3) is 5.91 Å². The lowest BCUT2D eigenvalue weighted by Gasteiger charge is -2.31. The largest absolute Gasteiger partial charge is 0.475 e. The van der Waals surface area contributed by atoms with Gasteiger partial charge in [0.1, 0.15) is 0 Å². The van der Waals surface area contributed by atoms with Gasteiger partial charge in [-0.05, 0) is 19.9 Å². The zero-order valence-electron chi connectivity index (χ0n) is 13.9. The second-order valence-corrected chi connectivity index (χ2v) is 5.82. The minimum atomic E-state index is -0.405. The molecule has 0 bridgehead atoms. The van der Waals surface area contributed by atoms with E-state index in [-0.39, 0.29) is 12.0 Å². The van der Waals surface area contributed by atoms with E-state index in [1.54, 1.807) is 30.2 Å². The van der Waals surface area contributed by atoms with Gasteiger partial charge in [0, 0.05) is 31.3 Å². The van der Waals surface area contributed by atoms with E-state index in [0.29, 0.717) is 42.9 Å². The van der Waals surface area contributed by atoms with Gasteiger partial charge in [0.15, 0.2) is 6.10 Å². The van der Waals surface area contributed by atoms with E-state index in [1.165, 1.54) is 0 Å². The summed E-state index contributed by atoms with van der Waals surface area (Å²) in [5.41, 5.74) is 0.531. The van der Waals surface area contributed by atoms with Gasteiger partial charge >= 0.3 is 0 Å². The lowest BCUT2D eigenvalue weighted by Crippen LogP contribution is -2.42. The molecule has 24 heavy (non-hydrogen) atoms. The van der Waals surface area contributed by atoms with Crippen molar-refractivity contribution in [2.75, 3.05) is 19.7 Å². The quantitative estimate of drug-likeness (QED) is 0.842. The number of rotatable bonds is 4. The smallest absolute Gasteiger partial charge is 0.254 e. The maximum atomic E-state index is 12.7. The predicted octanol–water partition coefficient (Wildman–Crippen LogP) is 1.77. The predicted molar refractivity (Wildman–Crippen MR) is 83.6 cm³/mol. The van der Waals surface area contributed by atoms with E-state index in [2.05, 4.69) is 15.2 Å². The van der Waals surface area contributed by atoms with Gasteiger partial charge in [-0.1, -0.05) is 0 Å². The van der Waals surface area contributed by atoms with Gasteiger partial charge in [0.05, 0.1) is 19.3 Å². The van der Waals surface area contributed by atoms with Crippen molar-refractivity contribution in [3.63, 3.8) is 0 Å². The summed E-state index contributed by atoms with van der Waals surface area (Å²) in [5.74, 6) is 1.20. The molecule has 1 saturated heterocycles. The van der Waals surface area contributed by atoms with Crippen LogP contribution in [0, 0.1) is 6.92 Å². The summed E-state index contributed by atoms with van der Waals surface area (Å²) < 4.78 is 16.6. The van der Waals surface area contributed by atoms with Crippen LogP contribution < -0.4 is 4.74 Å². The van der Waals surface area contributed by atoms with Crippen molar-refractivity contribution >= 4 is 5.91 Å². The molecule has 0 radical (unpaired) electrons. The van der Waals surface area contributed by atoms with Crippen LogP contribution in [0.3, 0.4) is 0 Å². The van der Waals surface area contributed by atoms with Crippen molar-refractivity contribution in [1.82, 2.24) is 20.1 Å². The number of ether oxygens (including phenoxy) is 2. The van der Waals surface area contributed by atoms with Crippen LogP contribution in [-0.2, 0) is 4.74 Å². The summed E-state index contributed by atoms with van der Waals surface area (Å²) in [5, 5.41) is 7.78. The Morgan fingerprint density at radius 3 is 2.96 bits per heavy atom. The molecule has 0 aliphatic carbocycles. The molecular formula is C16H20N4O4. The minimum absolute atomic E-state index is 0.00335. The molecule has 1 aliphatic heterocycles. The van der Waals surface area contributed by atoms with Crippen molar-refractivity contribution in [2.24, 2.45) is 0 Å². The van der Waals surface area contributed by atoms with Crippen molar-refractivity contribution in [3.8, 4) is 5.88 Å². The van der Waals surface area contributed by atoms with Crippen molar-refractivity contribution in [1.29, 1.82) is 0 Å². The molecule has 0 aromatic carbocycles. The average molecular weight is 332 g/mol. The first-order chi connectivity index (χ1) is 11.5. The van der Waals surface area contributed by atoms with Crippen molar-refractivity contribution in [3.05, 3.63) is 35.7 Å². The lowest BCUT2D eigenvalue weighted by atomic mass is 10.2. The maximum Gasteiger partial charge on any atom is 0.254 e. The summed E-state index contributed by atoms with van der Waals surface area (Å²) in [6.45, 7) is 6.83. The van der Waals surface area contributed by atoms with Gasteiger partial charge in [-0.25, -0.2) is 4.98 Å². The van der Waals surface area contributed by atoms with Gasteiger partial charge in [-0.2, -0.15) is 0 Å². The van der Waals surface area contributed by atoms with Crippen molar-refractivity contribution < 1.29 is 18.7 Å². The fraction of sp³-hybridized carbons (Fsp3) is 0.500. The minimum Gasteiger partial charge on any atom is -0.475 e. The molecular weight excluding hydrogens is 312 g/mol. The first-order valence-corrected chi connectivity index (χ1v) is 7.86. The fourth-order valence-electron chi connectivity index (χ4n) is 2.46. The fourth-order valence-corrected chi connectivity index (χ4v) is 2.46. The molecule has 8 nitrogen and oxygen atoms in total. The molecule has 0 unspecified atom stereocenters. The highest BCUT2D eigenvalue weighted by Crippen LogP contribution is 2.23. The van der Waals surface area contributed by atoms with Crippen LogP contribution in [0.15, 0.2) is 22.7 Å². The number of morpholine rings is 1. The molecule has 0 N–H and O–H groups in total. The maximum absolute atomic E-state index is 12.7. The molecule has 1 fully saturated rings. The van der Waals surface area contributed by atoms with E-state index < -0.39 is 6.10 Å². The number of hydrogen-bond donors (Lipinski definition) is 0. The van der Waals surface area contributed by atoms with Crippen LogP contribution in [-0.4, -0.2) is 51.8 Å². The Labute approximate surface area is 139 Å². The van der Waals surface area contributed by atoms with Crippen LogP contribution in [0.4, 0.5) is 0 Å². The second kappa shape index (κ2) is 6.96. The molecule has 0 saturated carbocycles. The molecule has 3 rings (SSSR count). The normalized spacial score (nSPS) is 18.0. The number of hydrogen-bond acceptors (Lipinski definition) is 7. The molecule has 2 aromatic heterocycles. The van der Waals surface area contributed by atoms with Gasteiger partial charge in [0.2, 0.25) is 17.7 Å². The standard InChI is InChI=1S/C16H20N4O4/c1-10(2)23-14-8-12(4-5-17-14)16(21)20-6-7-22-13(9-20)15-19-18-11(3)24-15/h4-5,8,10,13H,6-7,9H2,1-3H3/t13-/m1/s1. The number of carbonyl (C=O) groups excluding carboxylic acids is 1. The lowest BCUT2D eigenvalue weighted by molar-refractivity contribution is -0.0349. The third-order valence-corrected chi connectivity index (χ3v) is 3.51. The van der Waals surface area contributed by atoms with Crippen LogP contribution in [0.1, 0.15) is 42.1 Å². The van der Waals surface area contributed by atoms with E-state index in [9.17, 15) is 4.79 Å². The van der Waals surface area contributed by atoms with E-state index in [4.69, 9.17) is 13.9 Å². The number of carbonyl (C=O) groups is 1. The highest BCUT2D eigenvalue weighted by molar-refractivity contribution is 5.94. The first kappa shape index (κ1) is 16.4. The Balaban J connectivity index is 1.72. The Morgan fingerprint density at radius 1 is 1.42 bits per heavy atom. The van der Waals surface area contributed by atoms with Crippen LogP contribution in [0.25, 0.3) is 0 Å². The SMILES string of the molecule is Cc1nnc([C@H]2CN(C(=O)c3ccnc(OC(C)C)c3)CCO2)o1. The molecule has 0 spiro atoms. The summed E-state index contributed by atoms with van der Waals surface area (Å²) in [6.07, 6.45) is 1.16. The van der Waals surface area contributed by atoms with Gasteiger partial charge < -0.3 is 18.8 Å². The highest BCUT2D eigenvalue weighted by Gasteiger charge is 2.29. The first-order valence-electron chi connectivity index (χ1n) is 7.86. The summed E-state index contributed by atoms with van der Waals surface area (Å²) in [7, 11) is 0. The molecule has 128 valence electrons. The summed E-state index contributed by atoms with van der Waals surface area (Å²) >= 11 is 0. The number of nitrogens with zero attached hydrogens (tertiary/aromatic N) is 4. The molecule has 2 aromatic rings. The number of pyridine rings is 1. The van der Waals surface area contributed by atoms with Crippen LogP contribution >= 0.6 is 0 Å². The molecule has 1 atom stereocenters. The summed E-state index contributed by atoms with van der Waals surface area (Å²) in [4.78, 5) is 18.6. The van der Waals surface area contributed by atoms with Crippen LogP contribution in [0.2, 0.25) is 0 Å². The van der Waals surface area contributed by atoms with Crippen molar-refractivity contribution in [2.45, 2.75) is 33.0 Å². The zero-order chi connectivity index (χ0) is 17.1. The van der Waals surface area contributed by atoms with E-state index >= 15 is 0 Å². The Kier molecular flexibility index (Phi) is 4.75. The summed E-state index contributed by atoms with van der Waals surface area (Å²) in [6, 6.07) is 3.33. The monoisotopic (exact) mass is 332 g/mol. The Bertz CT molecular complexity index is 716. The average Bonchev–Trinajstić information content (AvgIpc) is 3.00. The van der Waals surface area contributed by atoms with E-state index in [0.717, 1.165) is 0 Å². The zero-order valence-corrected chi connectivity index (χ0v) is 13.9. The molecule has 1 amide bonds. The number of amides is 1. The highest BCUT2D eigenvalue weighted by atomic mass is 16.5. The van der Waals surface area contributed by atoms with E-state index in [1.807, 2.05) is 13.8 Å². The second-order valence-electron chi connectivity index (χ2n) is 5.82. The Morgan fingerprint density at radius 2 is 2.25 bits per heavy atom. The Hall–Kier alpha value is -2.48. The molecule has 8 heteroatoms. The number of aromatic nitrogens is 3. The topological polar surface area (TPSA) is 90.6 Å². The third kappa shape index (κ3) is 3.70. The number of aryl methyl sites for hydroxylation is 1. The van der Waals surface area contributed by atoms with Crippen LogP contribution in [0.5, 0.6) is 5.88 Å². The third-order valence-electron chi connectivity index (χ3n) is 3.51. The molecule has 1 aliphatic rings. The molecule has 3 heterocycles.